The van der Waals surface area contributed by atoms with Crippen LogP contribution in [0, 0.1) is 32.1 Å². The zero-order valence-corrected chi connectivity index (χ0v) is 10.4. The number of benzene rings is 2. The highest BCUT2D eigenvalue weighted by Gasteiger charge is 2.08. The molecule has 0 fully saturated rings. The van der Waals surface area contributed by atoms with E-state index in [1.54, 1.807) is 0 Å². The summed E-state index contributed by atoms with van der Waals surface area (Å²) in [5.41, 5.74) is 6.54. The SMILES string of the molecule is Cc1cc(C)cc(-c2c(C)cccc2C#N)c1. The van der Waals surface area contributed by atoms with Crippen LogP contribution in [0.1, 0.15) is 22.3 Å². The Labute approximate surface area is 102 Å². The minimum atomic E-state index is 0.745. The smallest absolute Gasteiger partial charge is 0.0998 e. The standard InChI is InChI=1S/C16H15N/c1-11-7-12(2)9-15(8-11)16-13(3)5-4-6-14(16)10-17/h4-9H,1-3H3. The number of aryl methyl sites for hydroxylation is 3. The highest BCUT2D eigenvalue weighted by molar-refractivity contribution is 5.74. The Morgan fingerprint density at radius 1 is 0.941 bits per heavy atom. The summed E-state index contributed by atoms with van der Waals surface area (Å²) in [5.74, 6) is 0. The van der Waals surface area contributed by atoms with E-state index in [1.807, 2.05) is 25.1 Å². The molecule has 0 aliphatic carbocycles. The molecule has 0 bridgehead atoms. The van der Waals surface area contributed by atoms with Crippen LogP contribution in [-0.2, 0) is 0 Å². The van der Waals surface area contributed by atoms with Gasteiger partial charge in [0, 0.05) is 5.56 Å². The van der Waals surface area contributed by atoms with Crippen molar-refractivity contribution in [3.8, 4) is 17.2 Å². The van der Waals surface area contributed by atoms with Crippen molar-refractivity contribution in [1.82, 2.24) is 0 Å². The lowest BCUT2D eigenvalue weighted by atomic mass is 9.93. The molecule has 0 saturated heterocycles. The third kappa shape index (κ3) is 2.21. The van der Waals surface area contributed by atoms with Gasteiger partial charge in [-0.25, -0.2) is 0 Å². The number of hydrogen-bond acceptors (Lipinski definition) is 1. The number of nitriles is 1. The molecular weight excluding hydrogens is 206 g/mol. The number of rotatable bonds is 1. The monoisotopic (exact) mass is 221 g/mol. The molecule has 0 atom stereocenters. The lowest BCUT2D eigenvalue weighted by molar-refractivity contribution is 1.36. The van der Waals surface area contributed by atoms with E-state index in [9.17, 15) is 5.26 Å². The largest absolute Gasteiger partial charge is 0.192 e. The average Bonchev–Trinajstić information content (AvgIpc) is 2.27. The molecule has 17 heavy (non-hydrogen) atoms. The first-order valence-electron chi connectivity index (χ1n) is 5.70. The summed E-state index contributed by atoms with van der Waals surface area (Å²) in [4.78, 5) is 0. The lowest BCUT2D eigenvalue weighted by Crippen LogP contribution is -1.90. The Hall–Kier alpha value is -2.07. The van der Waals surface area contributed by atoms with E-state index in [1.165, 1.54) is 11.1 Å². The lowest BCUT2D eigenvalue weighted by Gasteiger charge is -2.10. The van der Waals surface area contributed by atoms with Crippen LogP contribution in [0.15, 0.2) is 36.4 Å². The van der Waals surface area contributed by atoms with Crippen LogP contribution < -0.4 is 0 Å². The van der Waals surface area contributed by atoms with Crippen LogP contribution in [0.5, 0.6) is 0 Å². The molecule has 0 aliphatic heterocycles. The summed E-state index contributed by atoms with van der Waals surface area (Å²) < 4.78 is 0. The fourth-order valence-electron chi connectivity index (χ4n) is 2.26. The van der Waals surface area contributed by atoms with Crippen molar-refractivity contribution in [2.24, 2.45) is 0 Å². The molecule has 0 aromatic heterocycles. The quantitative estimate of drug-likeness (QED) is 0.709. The summed E-state index contributed by atoms with van der Waals surface area (Å²) in [6.07, 6.45) is 0. The fourth-order valence-corrected chi connectivity index (χ4v) is 2.26. The molecule has 84 valence electrons. The van der Waals surface area contributed by atoms with E-state index in [-0.39, 0.29) is 0 Å². The van der Waals surface area contributed by atoms with Crippen molar-refractivity contribution in [1.29, 1.82) is 5.26 Å². The summed E-state index contributed by atoms with van der Waals surface area (Å²) in [6, 6.07) is 14.5. The topological polar surface area (TPSA) is 23.8 Å². The molecule has 1 nitrogen and oxygen atoms in total. The maximum atomic E-state index is 9.19. The predicted molar refractivity (Wildman–Crippen MR) is 70.8 cm³/mol. The number of nitrogens with zero attached hydrogens (tertiary/aromatic N) is 1. The van der Waals surface area contributed by atoms with Gasteiger partial charge in [-0.3, -0.25) is 0 Å². The molecule has 2 aromatic carbocycles. The molecule has 0 amide bonds. The third-order valence-electron chi connectivity index (χ3n) is 2.90. The van der Waals surface area contributed by atoms with Gasteiger partial charge in [-0.15, -0.1) is 0 Å². The Morgan fingerprint density at radius 2 is 1.59 bits per heavy atom. The second kappa shape index (κ2) is 4.43. The summed E-state index contributed by atoms with van der Waals surface area (Å²) in [6.45, 7) is 6.22. The van der Waals surface area contributed by atoms with Crippen LogP contribution in [0.2, 0.25) is 0 Å². The highest BCUT2D eigenvalue weighted by Crippen LogP contribution is 2.28. The van der Waals surface area contributed by atoms with Crippen LogP contribution in [0.4, 0.5) is 0 Å². The van der Waals surface area contributed by atoms with Gasteiger partial charge in [-0.2, -0.15) is 5.26 Å². The Morgan fingerprint density at radius 3 is 2.18 bits per heavy atom. The van der Waals surface area contributed by atoms with E-state index in [4.69, 9.17) is 0 Å². The normalized spacial score (nSPS) is 10.0. The van der Waals surface area contributed by atoms with Gasteiger partial charge in [0.2, 0.25) is 0 Å². The van der Waals surface area contributed by atoms with Crippen molar-refractivity contribution in [3.05, 3.63) is 58.7 Å². The highest BCUT2D eigenvalue weighted by atomic mass is 14.2. The van der Waals surface area contributed by atoms with Crippen molar-refractivity contribution >= 4 is 0 Å². The zero-order chi connectivity index (χ0) is 12.4. The Balaban J connectivity index is 2.72. The summed E-state index contributed by atoms with van der Waals surface area (Å²) in [7, 11) is 0. The molecule has 1 heteroatoms. The van der Waals surface area contributed by atoms with E-state index >= 15 is 0 Å². The molecule has 2 rings (SSSR count). The van der Waals surface area contributed by atoms with E-state index in [0.717, 1.165) is 22.3 Å². The van der Waals surface area contributed by atoms with E-state index in [2.05, 4.69) is 38.1 Å². The summed E-state index contributed by atoms with van der Waals surface area (Å²) >= 11 is 0. The van der Waals surface area contributed by atoms with Crippen molar-refractivity contribution in [2.45, 2.75) is 20.8 Å². The summed E-state index contributed by atoms with van der Waals surface area (Å²) in [5, 5.41) is 9.19. The van der Waals surface area contributed by atoms with Crippen LogP contribution in [0.25, 0.3) is 11.1 Å². The van der Waals surface area contributed by atoms with Gasteiger partial charge in [0.15, 0.2) is 0 Å². The Bertz CT molecular complexity index is 583. The molecular formula is C16H15N. The first-order chi connectivity index (χ1) is 8.11. The second-order valence-corrected chi connectivity index (χ2v) is 4.49. The molecule has 0 radical (unpaired) electrons. The first kappa shape index (κ1) is 11.4. The van der Waals surface area contributed by atoms with Crippen LogP contribution >= 0.6 is 0 Å². The van der Waals surface area contributed by atoms with E-state index in [0.29, 0.717) is 0 Å². The Kier molecular flexibility index (Phi) is 2.97. The molecule has 0 heterocycles. The first-order valence-corrected chi connectivity index (χ1v) is 5.70. The number of hydrogen-bond donors (Lipinski definition) is 0. The maximum Gasteiger partial charge on any atom is 0.0998 e. The van der Waals surface area contributed by atoms with Gasteiger partial charge in [-0.05, 0) is 38.0 Å². The minimum absolute atomic E-state index is 0.745. The molecule has 0 N–H and O–H groups in total. The second-order valence-electron chi connectivity index (χ2n) is 4.49. The van der Waals surface area contributed by atoms with Gasteiger partial charge in [0.1, 0.15) is 0 Å². The van der Waals surface area contributed by atoms with E-state index < -0.39 is 0 Å². The minimum Gasteiger partial charge on any atom is -0.192 e. The van der Waals surface area contributed by atoms with Gasteiger partial charge in [0.05, 0.1) is 11.6 Å². The molecule has 0 saturated carbocycles. The van der Waals surface area contributed by atoms with Gasteiger partial charge >= 0.3 is 0 Å². The van der Waals surface area contributed by atoms with Crippen molar-refractivity contribution in [3.63, 3.8) is 0 Å². The molecule has 2 aromatic rings. The average molecular weight is 221 g/mol. The van der Waals surface area contributed by atoms with Crippen molar-refractivity contribution in [2.75, 3.05) is 0 Å². The third-order valence-corrected chi connectivity index (χ3v) is 2.90. The zero-order valence-electron chi connectivity index (χ0n) is 10.4. The van der Waals surface area contributed by atoms with Crippen LogP contribution in [0.3, 0.4) is 0 Å². The fraction of sp³-hybridized carbons (Fsp3) is 0.188. The molecule has 0 aliphatic rings. The van der Waals surface area contributed by atoms with Crippen LogP contribution in [-0.4, -0.2) is 0 Å². The maximum absolute atomic E-state index is 9.19. The van der Waals surface area contributed by atoms with Gasteiger partial charge < -0.3 is 0 Å². The van der Waals surface area contributed by atoms with Crippen molar-refractivity contribution < 1.29 is 0 Å². The predicted octanol–water partition coefficient (Wildman–Crippen LogP) is 4.15. The molecule has 0 spiro atoms. The van der Waals surface area contributed by atoms with Gasteiger partial charge in [-0.1, -0.05) is 41.5 Å². The van der Waals surface area contributed by atoms with Gasteiger partial charge in [0.25, 0.3) is 0 Å². The molecule has 0 unspecified atom stereocenters.